The van der Waals surface area contributed by atoms with E-state index in [0.717, 1.165) is 30.4 Å². The molecule has 1 aromatic carbocycles. The van der Waals surface area contributed by atoms with Crippen LogP contribution in [0.5, 0.6) is 0 Å². The molecule has 0 amide bonds. The third-order valence-electron chi connectivity index (χ3n) is 3.75. The van der Waals surface area contributed by atoms with Gasteiger partial charge in [0, 0.05) is 43.6 Å². The first-order chi connectivity index (χ1) is 9.13. The van der Waals surface area contributed by atoms with Crippen molar-refractivity contribution in [2.24, 2.45) is 5.92 Å². The standard InChI is InChI=1S/C14H21N3O2/c1-3-4-11-5-6-16(10-11)13-7-12(15-2)8-14(9-13)17(18)19/h7-9,11,15H,3-6,10H2,1-2H3. The van der Waals surface area contributed by atoms with Gasteiger partial charge in [-0.2, -0.15) is 0 Å². The van der Waals surface area contributed by atoms with Crippen LogP contribution in [0, 0.1) is 16.0 Å². The summed E-state index contributed by atoms with van der Waals surface area (Å²) in [6.45, 7) is 4.21. The largest absolute Gasteiger partial charge is 0.388 e. The summed E-state index contributed by atoms with van der Waals surface area (Å²) in [5.74, 6) is 0.724. The van der Waals surface area contributed by atoms with Crippen LogP contribution in [0.3, 0.4) is 0 Å². The Morgan fingerprint density at radius 2 is 2.26 bits per heavy atom. The van der Waals surface area contributed by atoms with E-state index in [1.54, 1.807) is 19.2 Å². The van der Waals surface area contributed by atoms with Gasteiger partial charge in [0.15, 0.2) is 0 Å². The minimum atomic E-state index is -0.329. The average molecular weight is 263 g/mol. The number of nitrogens with one attached hydrogen (secondary N) is 1. The molecule has 1 heterocycles. The number of hydrogen-bond donors (Lipinski definition) is 1. The van der Waals surface area contributed by atoms with Crippen LogP contribution in [0.4, 0.5) is 17.1 Å². The Labute approximate surface area is 113 Å². The molecule has 0 spiro atoms. The highest BCUT2D eigenvalue weighted by Crippen LogP contribution is 2.31. The van der Waals surface area contributed by atoms with E-state index in [2.05, 4.69) is 17.1 Å². The predicted octanol–water partition coefficient (Wildman–Crippen LogP) is 3.26. The first-order valence-electron chi connectivity index (χ1n) is 6.86. The van der Waals surface area contributed by atoms with Gasteiger partial charge in [-0.05, 0) is 24.8 Å². The van der Waals surface area contributed by atoms with Gasteiger partial charge in [0.2, 0.25) is 0 Å². The van der Waals surface area contributed by atoms with Crippen molar-refractivity contribution in [1.82, 2.24) is 0 Å². The van der Waals surface area contributed by atoms with E-state index in [1.807, 2.05) is 6.07 Å². The smallest absolute Gasteiger partial charge is 0.273 e. The highest BCUT2D eigenvalue weighted by molar-refractivity contribution is 5.64. The Balaban J connectivity index is 2.20. The maximum atomic E-state index is 11.0. The number of rotatable bonds is 5. The molecule has 1 aliphatic rings. The maximum absolute atomic E-state index is 11.0. The van der Waals surface area contributed by atoms with Crippen LogP contribution in [-0.2, 0) is 0 Å². The lowest BCUT2D eigenvalue weighted by Crippen LogP contribution is -2.19. The van der Waals surface area contributed by atoms with E-state index >= 15 is 0 Å². The molecule has 1 N–H and O–H groups in total. The molecular weight excluding hydrogens is 242 g/mol. The summed E-state index contributed by atoms with van der Waals surface area (Å²) < 4.78 is 0. The lowest BCUT2D eigenvalue weighted by molar-refractivity contribution is -0.384. The average Bonchev–Trinajstić information content (AvgIpc) is 2.87. The molecule has 1 aliphatic heterocycles. The van der Waals surface area contributed by atoms with Crippen LogP contribution in [0.2, 0.25) is 0 Å². The van der Waals surface area contributed by atoms with E-state index < -0.39 is 0 Å². The highest BCUT2D eigenvalue weighted by atomic mass is 16.6. The minimum Gasteiger partial charge on any atom is -0.388 e. The molecule has 1 atom stereocenters. The van der Waals surface area contributed by atoms with Crippen molar-refractivity contribution in [3.05, 3.63) is 28.3 Å². The molecule has 104 valence electrons. The second-order valence-electron chi connectivity index (χ2n) is 5.13. The molecule has 0 saturated carbocycles. The van der Waals surface area contributed by atoms with Gasteiger partial charge in [-0.25, -0.2) is 0 Å². The van der Waals surface area contributed by atoms with Crippen LogP contribution in [-0.4, -0.2) is 25.1 Å². The van der Waals surface area contributed by atoms with Crippen LogP contribution in [0.25, 0.3) is 0 Å². The Hall–Kier alpha value is -1.78. The topological polar surface area (TPSA) is 58.4 Å². The summed E-state index contributed by atoms with van der Waals surface area (Å²) in [4.78, 5) is 12.9. The van der Waals surface area contributed by atoms with Crippen molar-refractivity contribution in [3.63, 3.8) is 0 Å². The van der Waals surface area contributed by atoms with Crippen molar-refractivity contribution < 1.29 is 4.92 Å². The van der Waals surface area contributed by atoms with Crippen LogP contribution >= 0.6 is 0 Å². The lowest BCUT2D eigenvalue weighted by Gasteiger charge is -2.19. The number of nitro benzene ring substituents is 1. The molecular formula is C14H21N3O2. The van der Waals surface area contributed by atoms with Gasteiger partial charge in [-0.3, -0.25) is 10.1 Å². The van der Waals surface area contributed by atoms with Crippen molar-refractivity contribution in [1.29, 1.82) is 0 Å². The predicted molar refractivity (Wildman–Crippen MR) is 77.9 cm³/mol. The summed E-state index contributed by atoms with van der Waals surface area (Å²) in [5, 5.41) is 14.0. The van der Waals surface area contributed by atoms with E-state index in [1.165, 1.54) is 19.3 Å². The molecule has 1 fully saturated rings. The van der Waals surface area contributed by atoms with Crippen molar-refractivity contribution in [2.45, 2.75) is 26.2 Å². The van der Waals surface area contributed by atoms with E-state index in [4.69, 9.17) is 0 Å². The summed E-state index contributed by atoms with van der Waals surface area (Å²) in [7, 11) is 1.78. The van der Waals surface area contributed by atoms with Gasteiger partial charge in [0.05, 0.1) is 4.92 Å². The molecule has 0 bridgehead atoms. The molecule has 0 radical (unpaired) electrons. The van der Waals surface area contributed by atoms with E-state index in [-0.39, 0.29) is 10.6 Å². The molecule has 1 unspecified atom stereocenters. The lowest BCUT2D eigenvalue weighted by atomic mass is 10.0. The number of hydrogen-bond acceptors (Lipinski definition) is 4. The van der Waals surface area contributed by atoms with E-state index in [9.17, 15) is 10.1 Å². The van der Waals surface area contributed by atoms with Gasteiger partial charge < -0.3 is 10.2 Å². The summed E-state index contributed by atoms with van der Waals surface area (Å²) in [5.41, 5.74) is 1.90. The monoisotopic (exact) mass is 263 g/mol. The molecule has 0 aliphatic carbocycles. The fraction of sp³-hybridized carbons (Fsp3) is 0.571. The number of nitrogens with zero attached hydrogens (tertiary/aromatic N) is 2. The summed E-state index contributed by atoms with van der Waals surface area (Å²) >= 11 is 0. The molecule has 19 heavy (non-hydrogen) atoms. The number of non-ortho nitro benzene ring substituents is 1. The van der Waals surface area contributed by atoms with Crippen LogP contribution in [0.15, 0.2) is 18.2 Å². The Morgan fingerprint density at radius 3 is 2.89 bits per heavy atom. The zero-order valence-corrected chi connectivity index (χ0v) is 11.6. The van der Waals surface area contributed by atoms with Crippen LogP contribution < -0.4 is 10.2 Å². The summed E-state index contributed by atoms with van der Waals surface area (Å²) in [6, 6.07) is 5.24. The van der Waals surface area contributed by atoms with Crippen molar-refractivity contribution in [2.75, 3.05) is 30.4 Å². The van der Waals surface area contributed by atoms with Gasteiger partial charge in [-0.15, -0.1) is 0 Å². The Kier molecular flexibility index (Phi) is 4.24. The van der Waals surface area contributed by atoms with Gasteiger partial charge in [0.25, 0.3) is 5.69 Å². The third-order valence-corrected chi connectivity index (χ3v) is 3.75. The first kappa shape index (κ1) is 13.6. The number of nitro groups is 1. The third kappa shape index (κ3) is 3.16. The number of benzene rings is 1. The second kappa shape index (κ2) is 5.91. The molecule has 2 rings (SSSR count). The molecule has 5 nitrogen and oxygen atoms in total. The van der Waals surface area contributed by atoms with Crippen LogP contribution in [0.1, 0.15) is 26.2 Å². The number of anilines is 2. The minimum absolute atomic E-state index is 0.154. The Morgan fingerprint density at radius 1 is 1.47 bits per heavy atom. The molecule has 5 heteroatoms. The fourth-order valence-electron chi connectivity index (χ4n) is 2.74. The Bertz CT molecular complexity index is 462. The van der Waals surface area contributed by atoms with Gasteiger partial charge in [-0.1, -0.05) is 13.3 Å². The second-order valence-corrected chi connectivity index (χ2v) is 5.13. The first-order valence-corrected chi connectivity index (χ1v) is 6.86. The zero-order valence-electron chi connectivity index (χ0n) is 11.6. The van der Waals surface area contributed by atoms with Gasteiger partial charge >= 0.3 is 0 Å². The molecule has 1 saturated heterocycles. The summed E-state index contributed by atoms with van der Waals surface area (Å²) in [6.07, 6.45) is 3.63. The normalized spacial score (nSPS) is 18.6. The highest BCUT2D eigenvalue weighted by Gasteiger charge is 2.23. The quantitative estimate of drug-likeness (QED) is 0.654. The van der Waals surface area contributed by atoms with Crippen molar-refractivity contribution >= 4 is 17.1 Å². The SMILES string of the molecule is CCCC1CCN(c2cc(NC)cc([N+](=O)[O-])c2)C1. The fourth-order valence-corrected chi connectivity index (χ4v) is 2.74. The van der Waals surface area contributed by atoms with Gasteiger partial charge in [0.1, 0.15) is 0 Å². The zero-order chi connectivity index (χ0) is 13.8. The van der Waals surface area contributed by atoms with Crippen molar-refractivity contribution in [3.8, 4) is 0 Å². The maximum Gasteiger partial charge on any atom is 0.273 e. The van der Waals surface area contributed by atoms with E-state index in [0.29, 0.717) is 0 Å². The molecule has 0 aromatic heterocycles. The molecule has 1 aromatic rings.